The van der Waals surface area contributed by atoms with Gasteiger partial charge in [-0.3, -0.25) is 0 Å². The first-order chi connectivity index (χ1) is 4.88. The zero-order chi connectivity index (χ0) is 6.97. The molecule has 0 radical (unpaired) electrons. The summed E-state index contributed by atoms with van der Waals surface area (Å²) in [5.41, 5.74) is 0.454. The van der Waals surface area contributed by atoms with Crippen molar-refractivity contribution in [2.24, 2.45) is 0 Å². The summed E-state index contributed by atoms with van der Waals surface area (Å²) in [6.07, 6.45) is 1.31. The second-order valence-corrected chi connectivity index (χ2v) is 1.73. The van der Waals surface area contributed by atoms with Crippen molar-refractivity contribution >= 4 is 11.0 Å². The summed E-state index contributed by atoms with van der Waals surface area (Å²) in [6, 6.07) is 1.52. The summed E-state index contributed by atoms with van der Waals surface area (Å²) >= 11 is 0. The molecule has 0 saturated heterocycles. The van der Waals surface area contributed by atoms with Gasteiger partial charge in [-0.2, -0.15) is 4.39 Å². The van der Waals surface area contributed by atoms with Crippen LogP contribution in [-0.4, -0.2) is 15.3 Å². The summed E-state index contributed by atoms with van der Waals surface area (Å²) in [5, 5.41) is 6.71. The highest BCUT2D eigenvalue weighted by atomic mass is 19.1. The Morgan fingerprint density at radius 2 is 2.30 bits per heavy atom. The van der Waals surface area contributed by atoms with Crippen LogP contribution in [0.5, 0.6) is 0 Å². The Bertz CT molecular complexity index is 358. The van der Waals surface area contributed by atoms with Gasteiger partial charge in [0.2, 0.25) is 5.95 Å². The van der Waals surface area contributed by atoms with Crippen molar-refractivity contribution in [2.75, 3.05) is 0 Å². The maximum atomic E-state index is 12.5. The van der Waals surface area contributed by atoms with Crippen molar-refractivity contribution in [1.29, 1.82) is 0 Å². The van der Waals surface area contributed by atoms with Crippen LogP contribution in [0.4, 0.5) is 4.39 Å². The molecule has 0 fully saturated rings. The fourth-order valence-electron chi connectivity index (χ4n) is 0.682. The van der Waals surface area contributed by atoms with E-state index in [2.05, 4.69) is 19.9 Å². The number of halogens is 1. The lowest BCUT2D eigenvalue weighted by atomic mass is 10.4. The van der Waals surface area contributed by atoms with Crippen molar-refractivity contribution in [3.8, 4) is 0 Å². The molecule has 5 heteroatoms. The fourth-order valence-corrected chi connectivity index (χ4v) is 0.682. The Morgan fingerprint density at radius 1 is 1.40 bits per heavy atom. The van der Waals surface area contributed by atoms with E-state index in [1.165, 1.54) is 12.3 Å². The molecule has 0 amide bonds. The first-order valence-electron chi connectivity index (χ1n) is 2.61. The normalized spacial score (nSPS) is 10.5. The lowest BCUT2D eigenvalue weighted by Crippen LogP contribution is -1.81. The molecule has 50 valence electrons. The van der Waals surface area contributed by atoms with E-state index < -0.39 is 5.95 Å². The van der Waals surface area contributed by atoms with Gasteiger partial charge in [0.25, 0.3) is 0 Å². The van der Waals surface area contributed by atoms with Crippen LogP contribution in [-0.2, 0) is 0 Å². The quantitative estimate of drug-likeness (QED) is 0.505. The Balaban J connectivity index is 2.95. The number of aromatic nitrogens is 3. The molecule has 0 spiro atoms. The molecule has 2 aromatic rings. The van der Waals surface area contributed by atoms with Crippen molar-refractivity contribution < 1.29 is 9.02 Å². The van der Waals surface area contributed by atoms with Crippen LogP contribution in [0.3, 0.4) is 0 Å². The third kappa shape index (κ3) is 0.570. The fraction of sp³-hybridized carbons (Fsp3) is 0. The van der Waals surface area contributed by atoms with E-state index in [0.717, 1.165) is 0 Å². The SMILES string of the molecule is Fc1nccc2nonc12. The lowest BCUT2D eigenvalue weighted by molar-refractivity contribution is 0.314. The van der Waals surface area contributed by atoms with E-state index in [9.17, 15) is 4.39 Å². The molecule has 0 N–H and O–H groups in total. The molecule has 0 saturated carbocycles. The standard InChI is InChI=1S/C5H2FN3O/c6-5-4-3(1-2-7-5)8-10-9-4/h1-2H. The van der Waals surface area contributed by atoms with Crippen LogP contribution in [0.1, 0.15) is 0 Å². The van der Waals surface area contributed by atoms with E-state index in [-0.39, 0.29) is 5.52 Å². The van der Waals surface area contributed by atoms with Gasteiger partial charge in [0.15, 0.2) is 5.52 Å². The minimum Gasteiger partial charge on any atom is -0.243 e. The number of hydrogen-bond acceptors (Lipinski definition) is 4. The third-order valence-electron chi connectivity index (χ3n) is 1.13. The Kier molecular flexibility index (Phi) is 0.913. The van der Waals surface area contributed by atoms with E-state index in [1.54, 1.807) is 0 Å². The van der Waals surface area contributed by atoms with E-state index in [1.807, 2.05) is 0 Å². The zero-order valence-electron chi connectivity index (χ0n) is 4.78. The molecule has 0 aliphatic heterocycles. The molecule has 0 aliphatic carbocycles. The first kappa shape index (κ1) is 5.28. The highest BCUT2D eigenvalue weighted by Gasteiger charge is 2.04. The van der Waals surface area contributed by atoms with Crippen molar-refractivity contribution in [1.82, 2.24) is 15.3 Å². The van der Waals surface area contributed by atoms with Crippen LogP contribution in [0.15, 0.2) is 16.9 Å². The zero-order valence-corrected chi connectivity index (χ0v) is 4.78. The van der Waals surface area contributed by atoms with Gasteiger partial charge in [0.1, 0.15) is 5.52 Å². The van der Waals surface area contributed by atoms with Crippen LogP contribution >= 0.6 is 0 Å². The van der Waals surface area contributed by atoms with Crippen molar-refractivity contribution in [2.45, 2.75) is 0 Å². The Hall–Kier alpha value is -1.52. The summed E-state index contributed by atoms with van der Waals surface area (Å²) in [7, 11) is 0. The molecule has 0 aromatic carbocycles. The number of hydrogen-bond donors (Lipinski definition) is 0. The largest absolute Gasteiger partial charge is 0.244 e. The van der Waals surface area contributed by atoms with E-state index in [0.29, 0.717) is 5.52 Å². The van der Waals surface area contributed by atoms with Crippen LogP contribution in [0, 0.1) is 5.95 Å². The molecule has 2 heterocycles. The molecule has 0 aliphatic rings. The van der Waals surface area contributed by atoms with Crippen LogP contribution in [0.2, 0.25) is 0 Å². The molecule has 10 heavy (non-hydrogen) atoms. The Morgan fingerprint density at radius 3 is 3.10 bits per heavy atom. The van der Waals surface area contributed by atoms with Crippen molar-refractivity contribution in [3.05, 3.63) is 18.2 Å². The van der Waals surface area contributed by atoms with Crippen LogP contribution < -0.4 is 0 Å². The molecular formula is C5H2FN3O. The van der Waals surface area contributed by atoms with Gasteiger partial charge in [0, 0.05) is 6.20 Å². The molecule has 2 rings (SSSR count). The smallest absolute Gasteiger partial charge is 0.243 e. The predicted molar refractivity (Wildman–Crippen MR) is 29.6 cm³/mol. The Labute approximate surface area is 54.6 Å². The van der Waals surface area contributed by atoms with Gasteiger partial charge in [-0.15, -0.1) is 0 Å². The van der Waals surface area contributed by atoms with Gasteiger partial charge in [-0.05, 0) is 16.4 Å². The number of nitrogens with zero attached hydrogens (tertiary/aromatic N) is 3. The predicted octanol–water partition coefficient (Wildman–Crippen LogP) is 0.757. The number of pyridine rings is 1. The average Bonchev–Trinajstić information content (AvgIpc) is 2.36. The van der Waals surface area contributed by atoms with Gasteiger partial charge in [-0.25, -0.2) is 9.61 Å². The van der Waals surface area contributed by atoms with Crippen molar-refractivity contribution in [3.63, 3.8) is 0 Å². The van der Waals surface area contributed by atoms with Gasteiger partial charge < -0.3 is 0 Å². The molecular weight excluding hydrogens is 137 g/mol. The average molecular weight is 139 g/mol. The molecule has 2 aromatic heterocycles. The topological polar surface area (TPSA) is 51.8 Å². The lowest BCUT2D eigenvalue weighted by Gasteiger charge is -1.82. The third-order valence-corrected chi connectivity index (χ3v) is 1.13. The molecule has 0 bridgehead atoms. The second-order valence-electron chi connectivity index (χ2n) is 1.73. The van der Waals surface area contributed by atoms with Gasteiger partial charge in [-0.1, -0.05) is 0 Å². The maximum absolute atomic E-state index is 12.5. The monoisotopic (exact) mass is 139 g/mol. The van der Waals surface area contributed by atoms with Gasteiger partial charge in [0.05, 0.1) is 0 Å². The second kappa shape index (κ2) is 1.73. The minimum atomic E-state index is -0.654. The van der Waals surface area contributed by atoms with E-state index >= 15 is 0 Å². The summed E-state index contributed by atoms with van der Waals surface area (Å²) in [5.74, 6) is -0.654. The summed E-state index contributed by atoms with van der Waals surface area (Å²) in [6.45, 7) is 0. The highest BCUT2D eigenvalue weighted by Crippen LogP contribution is 2.08. The first-order valence-corrected chi connectivity index (χ1v) is 2.61. The van der Waals surface area contributed by atoms with E-state index in [4.69, 9.17) is 0 Å². The minimum absolute atomic E-state index is 0.0718. The number of rotatable bonds is 0. The summed E-state index contributed by atoms with van der Waals surface area (Å²) < 4.78 is 16.8. The molecule has 4 nitrogen and oxygen atoms in total. The highest BCUT2D eigenvalue weighted by molar-refractivity contribution is 5.71. The maximum Gasteiger partial charge on any atom is 0.244 e. The van der Waals surface area contributed by atoms with Gasteiger partial charge >= 0.3 is 0 Å². The molecule has 0 atom stereocenters. The van der Waals surface area contributed by atoms with Crippen LogP contribution in [0.25, 0.3) is 11.0 Å². The molecule has 0 unspecified atom stereocenters. The summed E-state index contributed by atoms with van der Waals surface area (Å²) in [4.78, 5) is 3.35. The number of fused-ring (bicyclic) bond motifs is 1.